The molecule has 0 bridgehead atoms. The largest absolute Gasteiger partial charge is 0.487 e. The second-order valence-electron chi connectivity index (χ2n) is 8.19. The first-order valence-corrected chi connectivity index (χ1v) is 12.4. The lowest BCUT2D eigenvalue weighted by molar-refractivity contribution is -0.119. The van der Waals surface area contributed by atoms with Gasteiger partial charge in [-0.2, -0.15) is 0 Å². The minimum atomic E-state index is -1.19. The van der Waals surface area contributed by atoms with Gasteiger partial charge in [0.05, 0.1) is 22.5 Å². The van der Waals surface area contributed by atoms with E-state index in [4.69, 9.17) is 44.3 Å². The van der Waals surface area contributed by atoms with Gasteiger partial charge in [-0.25, -0.2) is 0 Å². The number of carbonyl (C=O) groups excluding carboxylic acids is 1. The number of Topliss-reactive ketones (excluding diaryl/α,β-unsaturated/α-hetero) is 1. The molecule has 2 rings (SSSR count). The molecule has 0 aliphatic heterocycles. The van der Waals surface area contributed by atoms with E-state index in [0.29, 0.717) is 21.5 Å². The predicted molar refractivity (Wildman–Crippen MR) is 134 cm³/mol. The Labute approximate surface area is 208 Å². The first-order chi connectivity index (χ1) is 15.0. The van der Waals surface area contributed by atoms with Crippen LogP contribution in [0.2, 0.25) is 10.0 Å². The fraction of sp³-hybridized carbons (Fsp3) is 0.435. The normalized spacial score (nSPS) is 13.5. The average molecular weight is 521 g/mol. The second kappa shape index (κ2) is 11.8. The Balaban J connectivity index is 2.14. The third-order valence-electron chi connectivity index (χ3n) is 4.92. The van der Waals surface area contributed by atoms with Crippen LogP contribution in [-0.2, 0) is 10.2 Å². The number of alkyl halides is 1. The minimum Gasteiger partial charge on any atom is -0.487 e. The standard InChI is InChI=1S/C23H28Cl3NO4S/c1-22(2,15-5-7-18(8-6-15)30-12-17(28)11-27-32-4)16-9-19(25)21(20(26)10-16)31-14-23(3,29)13-24/h5-10,27,29H,11-14H2,1-4H3. The molecule has 0 spiro atoms. The molecule has 0 aliphatic rings. The number of aliphatic hydroxyl groups is 1. The van der Waals surface area contributed by atoms with E-state index in [-0.39, 0.29) is 31.4 Å². The predicted octanol–water partition coefficient (Wildman–Crippen LogP) is 5.50. The minimum absolute atomic E-state index is 0.0135. The van der Waals surface area contributed by atoms with Crippen molar-refractivity contribution in [2.75, 3.05) is 31.9 Å². The second-order valence-corrected chi connectivity index (χ2v) is 9.97. The number of carbonyl (C=O) groups is 1. The quantitative estimate of drug-likeness (QED) is 0.284. The van der Waals surface area contributed by atoms with Gasteiger partial charge >= 0.3 is 0 Å². The van der Waals surface area contributed by atoms with Gasteiger partial charge < -0.3 is 14.6 Å². The van der Waals surface area contributed by atoms with Gasteiger partial charge in [-0.15, -0.1) is 11.6 Å². The van der Waals surface area contributed by atoms with Crippen LogP contribution in [0.3, 0.4) is 0 Å². The number of nitrogens with one attached hydrogen (secondary N) is 1. The van der Waals surface area contributed by atoms with E-state index in [1.807, 2.05) is 30.5 Å². The number of rotatable bonds is 12. The number of ketones is 1. The molecule has 32 heavy (non-hydrogen) atoms. The summed E-state index contributed by atoms with van der Waals surface area (Å²) in [6.07, 6.45) is 1.86. The molecule has 2 N–H and O–H groups in total. The third kappa shape index (κ3) is 7.44. The summed E-state index contributed by atoms with van der Waals surface area (Å²) in [5, 5.41) is 10.8. The molecule has 2 aromatic carbocycles. The van der Waals surface area contributed by atoms with E-state index in [1.165, 1.54) is 11.9 Å². The van der Waals surface area contributed by atoms with Crippen LogP contribution >= 0.6 is 46.8 Å². The summed E-state index contributed by atoms with van der Waals surface area (Å²) in [4.78, 5) is 11.7. The average Bonchev–Trinajstić information content (AvgIpc) is 2.75. The van der Waals surface area contributed by atoms with Crippen LogP contribution in [0.25, 0.3) is 0 Å². The fourth-order valence-corrected chi connectivity index (χ4v) is 3.81. The van der Waals surface area contributed by atoms with E-state index in [2.05, 4.69) is 18.6 Å². The number of halogens is 3. The first-order valence-electron chi connectivity index (χ1n) is 9.91. The number of hydrogen-bond acceptors (Lipinski definition) is 6. The molecular weight excluding hydrogens is 493 g/mol. The molecule has 1 unspecified atom stereocenters. The van der Waals surface area contributed by atoms with Crippen LogP contribution in [-0.4, -0.2) is 48.4 Å². The highest BCUT2D eigenvalue weighted by atomic mass is 35.5. The zero-order valence-corrected chi connectivity index (χ0v) is 21.6. The molecular formula is C23H28Cl3NO4S. The molecule has 0 heterocycles. The van der Waals surface area contributed by atoms with Crippen molar-refractivity contribution in [1.82, 2.24) is 4.72 Å². The lowest BCUT2D eigenvalue weighted by Crippen LogP contribution is -2.34. The van der Waals surface area contributed by atoms with E-state index in [0.717, 1.165) is 11.1 Å². The monoisotopic (exact) mass is 519 g/mol. The van der Waals surface area contributed by atoms with Crippen molar-refractivity contribution < 1.29 is 19.4 Å². The Kier molecular flexibility index (Phi) is 10.0. The maximum atomic E-state index is 11.7. The molecule has 176 valence electrons. The van der Waals surface area contributed by atoms with E-state index < -0.39 is 11.0 Å². The van der Waals surface area contributed by atoms with Gasteiger partial charge in [0.1, 0.15) is 24.6 Å². The summed E-state index contributed by atoms with van der Waals surface area (Å²) in [6.45, 7) is 5.93. The Hall–Kier alpha value is -1.15. The molecule has 0 amide bonds. The Morgan fingerprint density at radius 1 is 1.06 bits per heavy atom. The van der Waals surface area contributed by atoms with Crippen LogP contribution in [0.1, 0.15) is 31.9 Å². The zero-order valence-electron chi connectivity index (χ0n) is 18.5. The van der Waals surface area contributed by atoms with E-state index in [1.54, 1.807) is 19.1 Å². The van der Waals surface area contributed by atoms with Crippen molar-refractivity contribution in [3.8, 4) is 11.5 Å². The van der Waals surface area contributed by atoms with Crippen LogP contribution in [0.5, 0.6) is 11.5 Å². The summed E-state index contributed by atoms with van der Waals surface area (Å²) in [6, 6.07) is 11.2. The highest BCUT2D eigenvalue weighted by Crippen LogP contribution is 2.41. The summed E-state index contributed by atoms with van der Waals surface area (Å²) >= 11 is 20.0. The van der Waals surface area contributed by atoms with Gasteiger partial charge in [-0.1, -0.05) is 61.1 Å². The number of benzene rings is 2. The Bertz CT molecular complexity index is 897. The van der Waals surface area contributed by atoms with Crippen LogP contribution in [0, 0.1) is 0 Å². The molecule has 1 atom stereocenters. The van der Waals surface area contributed by atoms with Gasteiger partial charge in [0.15, 0.2) is 11.5 Å². The summed E-state index contributed by atoms with van der Waals surface area (Å²) in [5.41, 5.74) is 0.317. The molecule has 0 saturated heterocycles. The molecule has 5 nitrogen and oxygen atoms in total. The van der Waals surface area contributed by atoms with E-state index in [9.17, 15) is 9.90 Å². The fourth-order valence-electron chi connectivity index (χ4n) is 2.83. The highest BCUT2D eigenvalue weighted by Gasteiger charge is 2.27. The zero-order chi connectivity index (χ0) is 23.9. The maximum Gasteiger partial charge on any atom is 0.184 e. The van der Waals surface area contributed by atoms with Gasteiger partial charge in [-0.05, 0) is 48.6 Å². The number of ether oxygens (including phenoxy) is 2. The van der Waals surface area contributed by atoms with Gasteiger partial charge in [0, 0.05) is 5.41 Å². The van der Waals surface area contributed by atoms with E-state index >= 15 is 0 Å². The SMILES string of the molecule is CSNCC(=O)COc1ccc(C(C)(C)c2cc(Cl)c(OCC(C)(O)CCl)c(Cl)c2)cc1. The van der Waals surface area contributed by atoms with Crippen LogP contribution in [0.4, 0.5) is 0 Å². The smallest absolute Gasteiger partial charge is 0.184 e. The molecule has 0 aromatic heterocycles. The number of hydrogen-bond donors (Lipinski definition) is 2. The molecule has 9 heteroatoms. The lowest BCUT2D eigenvalue weighted by Gasteiger charge is -2.28. The molecule has 2 aromatic rings. The van der Waals surface area contributed by atoms with Gasteiger partial charge in [0.2, 0.25) is 0 Å². The van der Waals surface area contributed by atoms with Crippen molar-refractivity contribution in [3.63, 3.8) is 0 Å². The molecule has 0 saturated carbocycles. The van der Waals surface area contributed by atoms with Crippen molar-refractivity contribution >= 4 is 52.5 Å². The summed E-state index contributed by atoms with van der Waals surface area (Å²) < 4.78 is 14.1. The summed E-state index contributed by atoms with van der Waals surface area (Å²) in [5.74, 6) is 0.925. The highest BCUT2D eigenvalue weighted by molar-refractivity contribution is 7.96. The topological polar surface area (TPSA) is 67.8 Å². The van der Waals surface area contributed by atoms with Crippen molar-refractivity contribution in [1.29, 1.82) is 0 Å². The van der Waals surface area contributed by atoms with Crippen LogP contribution < -0.4 is 14.2 Å². The van der Waals surface area contributed by atoms with Gasteiger partial charge in [0.25, 0.3) is 0 Å². The van der Waals surface area contributed by atoms with Crippen molar-refractivity contribution in [2.24, 2.45) is 0 Å². The maximum absolute atomic E-state index is 11.7. The summed E-state index contributed by atoms with van der Waals surface area (Å²) in [7, 11) is 0. The molecule has 0 radical (unpaired) electrons. The van der Waals surface area contributed by atoms with Crippen LogP contribution in [0.15, 0.2) is 36.4 Å². The first kappa shape index (κ1) is 27.1. The Morgan fingerprint density at radius 2 is 1.66 bits per heavy atom. The molecule has 0 aliphatic carbocycles. The lowest BCUT2D eigenvalue weighted by atomic mass is 9.78. The molecule has 0 fully saturated rings. The van der Waals surface area contributed by atoms with Crippen molar-refractivity contribution in [3.05, 3.63) is 57.6 Å². The Morgan fingerprint density at radius 3 is 2.19 bits per heavy atom. The third-order valence-corrected chi connectivity index (χ3v) is 6.50. The van der Waals surface area contributed by atoms with Gasteiger partial charge in [-0.3, -0.25) is 9.52 Å². The van der Waals surface area contributed by atoms with Crippen molar-refractivity contribution in [2.45, 2.75) is 31.8 Å².